The largest absolute Gasteiger partial charge is 0.317 e. The van der Waals surface area contributed by atoms with Gasteiger partial charge in [-0.05, 0) is 56.0 Å². The lowest BCUT2D eigenvalue weighted by Gasteiger charge is -2.28. The van der Waals surface area contributed by atoms with E-state index in [2.05, 4.69) is 26.1 Å². The van der Waals surface area contributed by atoms with Gasteiger partial charge in [0.05, 0.1) is 0 Å². The summed E-state index contributed by atoms with van der Waals surface area (Å²) in [7, 11) is 1.99. The molecule has 0 heterocycles. The van der Waals surface area contributed by atoms with Gasteiger partial charge in [0.2, 0.25) is 0 Å². The lowest BCUT2D eigenvalue weighted by Crippen LogP contribution is -2.29. The minimum atomic E-state index is 0.205. The number of hydrogen-bond donors (Lipinski definition) is 1. The molecule has 0 aliphatic heterocycles. The van der Waals surface area contributed by atoms with Crippen LogP contribution in [0.25, 0.3) is 0 Å². The van der Waals surface area contributed by atoms with E-state index in [1.165, 1.54) is 0 Å². The molecule has 3 heteroatoms. The first-order valence-electron chi connectivity index (χ1n) is 5.95. The molecule has 1 aromatic carbocycles. The maximum atomic E-state index is 6.20. The highest BCUT2D eigenvalue weighted by Crippen LogP contribution is 2.31. The Labute approximate surface area is 115 Å². The molecule has 0 saturated heterocycles. The van der Waals surface area contributed by atoms with Gasteiger partial charge >= 0.3 is 0 Å². The summed E-state index contributed by atoms with van der Waals surface area (Å²) in [5.74, 6) is 0. The maximum Gasteiger partial charge on any atom is 0.0439 e. The third-order valence-corrected chi connectivity index (χ3v) is 3.63. The lowest BCUT2D eigenvalue weighted by molar-refractivity contribution is 0.293. The Morgan fingerprint density at radius 2 is 1.94 bits per heavy atom. The van der Waals surface area contributed by atoms with Crippen LogP contribution in [0.3, 0.4) is 0 Å². The van der Waals surface area contributed by atoms with E-state index in [1.807, 2.05) is 25.2 Å². The zero-order valence-corrected chi connectivity index (χ0v) is 12.5. The summed E-state index contributed by atoms with van der Waals surface area (Å²) in [6, 6.07) is 6.17. The second-order valence-corrected chi connectivity index (χ2v) is 6.31. The van der Waals surface area contributed by atoms with Crippen molar-refractivity contribution in [1.29, 1.82) is 0 Å². The van der Waals surface area contributed by atoms with Crippen molar-refractivity contribution in [2.24, 2.45) is 5.41 Å². The molecule has 1 nitrogen and oxygen atoms in total. The van der Waals surface area contributed by atoms with E-state index in [4.69, 9.17) is 23.2 Å². The van der Waals surface area contributed by atoms with Crippen molar-refractivity contribution >= 4 is 23.2 Å². The van der Waals surface area contributed by atoms with E-state index in [0.717, 1.165) is 28.5 Å². The molecular weight excluding hydrogens is 253 g/mol. The molecule has 96 valence electrons. The zero-order chi connectivity index (χ0) is 13.1. The molecule has 0 spiro atoms. The van der Waals surface area contributed by atoms with Crippen molar-refractivity contribution in [2.75, 3.05) is 7.05 Å². The molecule has 1 rings (SSSR count). The summed E-state index contributed by atoms with van der Waals surface area (Å²) in [6.07, 6.45) is 2.05. The van der Waals surface area contributed by atoms with Crippen molar-refractivity contribution in [2.45, 2.75) is 39.7 Å². The molecule has 0 radical (unpaired) electrons. The lowest BCUT2D eigenvalue weighted by atomic mass is 9.80. The number of nitrogens with one attached hydrogen (secondary N) is 1. The Kier molecular flexibility index (Phi) is 5.30. The smallest absolute Gasteiger partial charge is 0.0439 e. The average Bonchev–Trinajstić information content (AvgIpc) is 2.22. The van der Waals surface area contributed by atoms with Crippen molar-refractivity contribution in [3.05, 3.63) is 33.8 Å². The second-order valence-electron chi connectivity index (χ2n) is 5.47. The van der Waals surface area contributed by atoms with Gasteiger partial charge in [-0.15, -0.1) is 0 Å². The van der Waals surface area contributed by atoms with E-state index in [1.54, 1.807) is 0 Å². The first-order chi connectivity index (χ1) is 7.84. The summed E-state index contributed by atoms with van der Waals surface area (Å²) >= 11 is 12.2. The Morgan fingerprint density at radius 1 is 1.29 bits per heavy atom. The molecule has 0 amide bonds. The van der Waals surface area contributed by atoms with Gasteiger partial charge in [-0.25, -0.2) is 0 Å². The number of hydrogen-bond acceptors (Lipinski definition) is 1. The van der Waals surface area contributed by atoms with Gasteiger partial charge in [-0.2, -0.15) is 0 Å². The molecule has 0 saturated carbocycles. The molecule has 0 fully saturated rings. The van der Waals surface area contributed by atoms with Crippen molar-refractivity contribution in [3.63, 3.8) is 0 Å². The van der Waals surface area contributed by atoms with Crippen molar-refractivity contribution < 1.29 is 0 Å². The Morgan fingerprint density at radius 3 is 2.53 bits per heavy atom. The minimum absolute atomic E-state index is 0.205. The van der Waals surface area contributed by atoms with Crippen LogP contribution in [-0.2, 0) is 6.42 Å². The number of rotatable bonds is 5. The summed E-state index contributed by atoms with van der Waals surface area (Å²) in [6.45, 7) is 6.72. The standard InChI is InChI=1S/C14H21Cl2N/c1-10(17-4)8-14(2,3)9-11-7-12(15)5-6-13(11)16/h5-7,10,17H,8-9H2,1-4H3. The third kappa shape index (κ3) is 4.87. The maximum absolute atomic E-state index is 6.20. The molecule has 1 N–H and O–H groups in total. The highest BCUT2D eigenvalue weighted by Gasteiger charge is 2.22. The van der Waals surface area contributed by atoms with Gasteiger partial charge in [0.15, 0.2) is 0 Å². The molecule has 1 atom stereocenters. The van der Waals surface area contributed by atoms with Crippen LogP contribution >= 0.6 is 23.2 Å². The Bertz CT molecular complexity index is 374. The van der Waals surface area contributed by atoms with Crippen LogP contribution < -0.4 is 5.32 Å². The van der Waals surface area contributed by atoms with Crippen LogP contribution in [0.2, 0.25) is 10.0 Å². The van der Waals surface area contributed by atoms with Crippen molar-refractivity contribution in [1.82, 2.24) is 5.32 Å². The van der Waals surface area contributed by atoms with Gasteiger partial charge in [0, 0.05) is 16.1 Å². The molecule has 17 heavy (non-hydrogen) atoms. The minimum Gasteiger partial charge on any atom is -0.317 e. The molecule has 1 aromatic rings. The zero-order valence-electron chi connectivity index (χ0n) is 11.0. The van der Waals surface area contributed by atoms with E-state index < -0.39 is 0 Å². The van der Waals surface area contributed by atoms with Crippen LogP contribution in [-0.4, -0.2) is 13.1 Å². The van der Waals surface area contributed by atoms with E-state index in [0.29, 0.717) is 6.04 Å². The van der Waals surface area contributed by atoms with Crippen LogP contribution in [0, 0.1) is 5.41 Å². The Hall–Kier alpha value is -0.240. The van der Waals surface area contributed by atoms with Crippen LogP contribution in [0.5, 0.6) is 0 Å². The first kappa shape index (κ1) is 14.8. The second kappa shape index (κ2) is 6.08. The molecule has 0 aromatic heterocycles. The van der Waals surface area contributed by atoms with Gasteiger partial charge in [0.1, 0.15) is 0 Å². The molecule has 0 aliphatic carbocycles. The predicted octanol–water partition coefficient (Wildman–Crippen LogP) is 4.56. The quantitative estimate of drug-likeness (QED) is 0.830. The van der Waals surface area contributed by atoms with E-state index >= 15 is 0 Å². The Balaban J connectivity index is 2.78. The topological polar surface area (TPSA) is 12.0 Å². The van der Waals surface area contributed by atoms with Gasteiger partial charge in [-0.3, -0.25) is 0 Å². The van der Waals surface area contributed by atoms with Gasteiger partial charge in [0.25, 0.3) is 0 Å². The summed E-state index contributed by atoms with van der Waals surface area (Å²) in [4.78, 5) is 0. The fourth-order valence-electron chi connectivity index (χ4n) is 2.20. The third-order valence-electron chi connectivity index (χ3n) is 3.03. The molecule has 0 bridgehead atoms. The normalized spacial score (nSPS) is 13.8. The first-order valence-corrected chi connectivity index (χ1v) is 6.71. The van der Waals surface area contributed by atoms with Gasteiger partial charge in [-0.1, -0.05) is 37.0 Å². The molecule has 1 unspecified atom stereocenters. The average molecular weight is 274 g/mol. The predicted molar refractivity (Wildman–Crippen MR) is 77.1 cm³/mol. The number of benzene rings is 1. The van der Waals surface area contributed by atoms with Crippen molar-refractivity contribution in [3.8, 4) is 0 Å². The summed E-state index contributed by atoms with van der Waals surface area (Å²) in [5.41, 5.74) is 1.34. The van der Waals surface area contributed by atoms with E-state index in [9.17, 15) is 0 Å². The monoisotopic (exact) mass is 273 g/mol. The SMILES string of the molecule is CNC(C)CC(C)(C)Cc1cc(Cl)ccc1Cl. The molecular formula is C14H21Cl2N. The summed E-state index contributed by atoms with van der Waals surface area (Å²) < 4.78 is 0. The van der Waals surface area contributed by atoms with E-state index in [-0.39, 0.29) is 5.41 Å². The summed E-state index contributed by atoms with van der Waals surface area (Å²) in [5, 5.41) is 4.83. The number of halogens is 2. The van der Waals surface area contributed by atoms with Gasteiger partial charge < -0.3 is 5.32 Å². The van der Waals surface area contributed by atoms with Crippen LogP contribution in [0.4, 0.5) is 0 Å². The van der Waals surface area contributed by atoms with Crippen LogP contribution in [0.1, 0.15) is 32.8 Å². The fraction of sp³-hybridized carbons (Fsp3) is 0.571. The highest BCUT2D eigenvalue weighted by atomic mass is 35.5. The fourth-order valence-corrected chi connectivity index (χ4v) is 2.58. The van der Waals surface area contributed by atoms with Crippen LogP contribution in [0.15, 0.2) is 18.2 Å². The molecule has 0 aliphatic rings. The highest BCUT2D eigenvalue weighted by molar-refractivity contribution is 6.33.